The van der Waals surface area contributed by atoms with Gasteiger partial charge in [0.25, 0.3) is 5.91 Å². The zero-order chi connectivity index (χ0) is 19.5. The van der Waals surface area contributed by atoms with Crippen molar-refractivity contribution >= 4 is 33.5 Å². The van der Waals surface area contributed by atoms with Crippen LogP contribution in [0.1, 0.15) is 44.0 Å². The number of rotatable bonds is 6. The molecule has 1 aromatic carbocycles. The van der Waals surface area contributed by atoms with Crippen LogP contribution in [0.3, 0.4) is 0 Å². The Morgan fingerprint density at radius 3 is 2.38 bits per heavy atom. The zero-order valence-electron chi connectivity index (χ0n) is 15.0. The average molecular weight is 403 g/mol. The van der Waals surface area contributed by atoms with Gasteiger partial charge in [-0.25, -0.2) is 13.2 Å². The van der Waals surface area contributed by atoms with Crippen molar-refractivity contribution in [1.82, 2.24) is 9.62 Å². The number of esters is 1. The highest BCUT2D eigenvalue weighted by molar-refractivity contribution is 7.89. The molecule has 1 aromatic rings. The first-order valence-corrected chi connectivity index (χ1v) is 10.3. The summed E-state index contributed by atoms with van der Waals surface area (Å²) in [6.45, 7) is 5.93. The monoisotopic (exact) mass is 402 g/mol. The lowest BCUT2D eigenvalue weighted by molar-refractivity contribution is -0.129. The molecule has 7 nitrogen and oxygen atoms in total. The molecule has 2 rings (SSSR count). The van der Waals surface area contributed by atoms with Crippen LogP contribution < -0.4 is 5.32 Å². The molecular formula is C17H23ClN2O5S. The van der Waals surface area contributed by atoms with Crippen molar-refractivity contribution in [3.63, 3.8) is 0 Å². The first kappa shape index (κ1) is 20.7. The molecule has 26 heavy (non-hydrogen) atoms. The number of ether oxygens (including phenoxy) is 1. The van der Waals surface area contributed by atoms with Gasteiger partial charge in [-0.05, 0) is 51.8 Å². The molecule has 1 aliphatic heterocycles. The fraction of sp³-hybridized carbons (Fsp3) is 0.529. The van der Waals surface area contributed by atoms with Crippen LogP contribution in [0, 0.1) is 0 Å². The number of carbonyl (C=O) groups is 2. The van der Waals surface area contributed by atoms with Gasteiger partial charge < -0.3 is 10.1 Å². The van der Waals surface area contributed by atoms with E-state index in [2.05, 4.69) is 5.32 Å². The number of hydrogen-bond acceptors (Lipinski definition) is 5. The molecule has 0 saturated carbocycles. The Morgan fingerprint density at radius 2 is 1.81 bits per heavy atom. The van der Waals surface area contributed by atoms with E-state index in [1.54, 1.807) is 13.8 Å². The first-order valence-electron chi connectivity index (χ1n) is 8.44. The third-order valence-corrected chi connectivity index (χ3v) is 6.17. The van der Waals surface area contributed by atoms with Crippen LogP contribution >= 0.6 is 11.6 Å². The minimum Gasteiger partial charge on any atom is -0.449 e. The van der Waals surface area contributed by atoms with E-state index in [-0.39, 0.29) is 21.5 Å². The maximum absolute atomic E-state index is 12.6. The van der Waals surface area contributed by atoms with Crippen LogP contribution in [-0.4, -0.2) is 49.8 Å². The Balaban J connectivity index is 2.21. The van der Waals surface area contributed by atoms with Crippen molar-refractivity contribution in [2.24, 2.45) is 0 Å². The Kier molecular flexibility index (Phi) is 6.65. The first-order chi connectivity index (χ1) is 12.1. The van der Waals surface area contributed by atoms with E-state index in [0.29, 0.717) is 13.1 Å². The molecule has 0 aromatic heterocycles. The van der Waals surface area contributed by atoms with E-state index in [9.17, 15) is 18.0 Å². The molecule has 1 N–H and O–H groups in total. The molecular weight excluding hydrogens is 380 g/mol. The second kappa shape index (κ2) is 8.37. The van der Waals surface area contributed by atoms with Crippen molar-refractivity contribution in [1.29, 1.82) is 0 Å². The number of carbonyl (C=O) groups excluding carboxylic acids is 2. The number of halogens is 1. The Bertz CT molecular complexity index is 788. The van der Waals surface area contributed by atoms with Crippen molar-refractivity contribution in [3.8, 4) is 0 Å². The second-order valence-electron chi connectivity index (χ2n) is 6.46. The molecule has 1 saturated heterocycles. The number of nitrogens with one attached hydrogen (secondary N) is 1. The summed E-state index contributed by atoms with van der Waals surface area (Å²) in [5.74, 6) is -1.29. The maximum atomic E-state index is 12.6. The van der Waals surface area contributed by atoms with Crippen molar-refractivity contribution in [2.75, 3.05) is 13.1 Å². The predicted octanol–water partition coefficient (Wildman–Crippen LogP) is 2.19. The fourth-order valence-electron chi connectivity index (χ4n) is 2.58. The fourth-order valence-corrected chi connectivity index (χ4v) is 4.32. The van der Waals surface area contributed by atoms with Gasteiger partial charge in [0.2, 0.25) is 10.0 Å². The molecule has 144 valence electrons. The number of sulfonamides is 1. The topological polar surface area (TPSA) is 92.8 Å². The van der Waals surface area contributed by atoms with E-state index in [4.69, 9.17) is 16.3 Å². The molecule has 9 heteroatoms. The van der Waals surface area contributed by atoms with E-state index in [0.717, 1.165) is 12.8 Å². The lowest BCUT2D eigenvalue weighted by Gasteiger charge is -2.18. The number of amides is 1. The van der Waals surface area contributed by atoms with Crippen molar-refractivity contribution in [3.05, 3.63) is 28.8 Å². The standard InChI is InChI=1S/C17H23ClN2O5S/c1-11(2)19-16(21)12(3)25-17(22)14-10-13(6-7-15(14)18)26(23,24)20-8-4-5-9-20/h6-7,10-12H,4-5,8-9H2,1-3H3,(H,19,21)/t12-/m0/s1. The quantitative estimate of drug-likeness (QED) is 0.736. The highest BCUT2D eigenvalue weighted by atomic mass is 35.5. The summed E-state index contributed by atoms with van der Waals surface area (Å²) in [6.07, 6.45) is 0.591. The SMILES string of the molecule is CC(C)NC(=O)[C@H](C)OC(=O)c1cc(S(=O)(=O)N2CCCC2)ccc1Cl. The smallest absolute Gasteiger partial charge is 0.340 e. The highest BCUT2D eigenvalue weighted by Crippen LogP contribution is 2.26. The zero-order valence-corrected chi connectivity index (χ0v) is 16.6. The maximum Gasteiger partial charge on any atom is 0.340 e. The average Bonchev–Trinajstić information content (AvgIpc) is 3.09. The van der Waals surface area contributed by atoms with Gasteiger partial charge in [0.1, 0.15) is 0 Å². The summed E-state index contributed by atoms with van der Waals surface area (Å²) in [7, 11) is -3.68. The number of benzene rings is 1. The third-order valence-electron chi connectivity index (χ3n) is 3.94. The summed E-state index contributed by atoms with van der Waals surface area (Å²) in [6, 6.07) is 3.81. The van der Waals surface area contributed by atoms with Crippen LogP contribution in [0.5, 0.6) is 0 Å². The normalized spacial score (nSPS) is 16.5. The van der Waals surface area contributed by atoms with Gasteiger partial charge >= 0.3 is 5.97 Å². The summed E-state index contributed by atoms with van der Waals surface area (Å²) < 4.78 is 31.8. The molecule has 0 aliphatic carbocycles. The van der Waals surface area contributed by atoms with Crippen LogP contribution in [-0.2, 0) is 19.6 Å². The van der Waals surface area contributed by atoms with E-state index in [1.807, 2.05) is 0 Å². The van der Waals surface area contributed by atoms with Gasteiger partial charge in [-0.3, -0.25) is 4.79 Å². The minimum absolute atomic E-state index is 0.0185. The van der Waals surface area contributed by atoms with Gasteiger partial charge in [-0.1, -0.05) is 11.6 Å². The van der Waals surface area contributed by atoms with Gasteiger partial charge in [0, 0.05) is 19.1 Å². The third kappa shape index (κ3) is 4.75. The molecule has 0 spiro atoms. The van der Waals surface area contributed by atoms with Crippen LogP contribution in [0.2, 0.25) is 5.02 Å². The van der Waals surface area contributed by atoms with Gasteiger partial charge in [0.05, 0.1) is 15.5 Å². The second-order valence-corrected chi connectivity index (χ2v) is 8.81. The molecule has 1 amide bonds. The molecule has 1 heterocycles. The van der Waals surface area contributed by atoms with E-state index < -0.39 is 28.0 Å². The van der Waals surface area contributed by atoms with Gasteiger partial charge in [-0.15, -0.1) is 0 Å². The Morgan fingerprint density at radius 1 is 1.19 bits per heavy atom. The lowest BCUT2D eigenvalue weighted by Crippen LogP contribution is -2.39. The van der Waals surface area contributed by atoms with Crippen LogP contribution in [0.4, 0.5) is 0 Å². The van der Waals surface area contributed by atoms with E-state index >= 15 is 0 Å². The highest BCUT2D eigenvalue weighted by Gasteiger charge is 2.29. The van der Waals surface area contributed by atoms with E-state index in [1.165, 1.54) is 29.4 Å². The van der Waals surface area contributed by atoms with Crippen LogP contribution in [0.15, 0.2) is 23.1 Å². The summed E-state index contributed by atoms with van der Waals surface area (Å²) in [4.78, 5) is 24.2. The summed E-state index contributed by atoms with van der Waals surface area (Å²) in [5.41, 5.74) is -0.0869. The predicted molar refractivity (Wildman–Crippen MR) is 97.6 cm³/mol. The lowest BCUT2D eigenvalue weighted by atomic mass is 10.2. The van der Waals surface area contributed by atoms with Crippen molar-refractivity contribution in [2.45, 2.75) is 50.7 Å². The number of nitrogens with zero attached hydrogens (tertiary/aromatic N) is 1. The Labute approximate surface area is 158 Å². The van der Waals surface area contributed by atoms with Crippen molar-refractivity contribution < 1.29 is 22.7 Å². The Hall–Kier alpha value is -1.64. The number of hydrogen-bond donors (Lipinski definition) is 1. The van der Waals surface area contributed by atoms with Gasteiger partial charge in [0.15, 0.2) is 6.10 Å². The molecule has 0 radical (unpaired) electrons. The van der Waals surface area contributed by atoms with Gasteiger partial charge in [-0.2, -0.15) is 4.31 Å². The molecule has 0 unspecified atom stereocenters. The molecule has 1 aliphatic rings. The molecule has 0 bridgehead atoms. The molecule has 1 fully saturated rings. The summed E-state index contributed by atoms with van der Waals surface area (Å²) >= 11 is 6.04. The summed E-state index contributed by atoms with van der Waals surface area (Å²) in [5, 5.41) is 2.70. The molecule has 1 atom stereocenters. The van der Waals surface area contributed by atoms with Crippen LogP contribution in [0.25, 0.3) is 0 Å². The largest absolute Gasteiger partial charge is 0.449 e. The minimum atomic E-state index is -3.68.